The van der Waals surface area contributed by atoms with Crippen molar-refractivity contribution in [2.45, 2.75) is 50.7 Å². The number of methoxy groups -OCH3 is 1. The first-order valence-electron chi connectivity index (χ1n) is 6.89. The van der Waals surface area contributed by atoms with Gasteiger partial charge < -0.3 is 20.5 Å². The van der Waals surface area contributed by atoms with E-state index in [9.17, 15) is 9.90 Å². The van der Waals surface area contributed by atoms with Crippen LogP contribution in [0.5, 0.6) is 0 Å². The fraction of sp³-hybridized carbons (Fsp3) is 0.923. The summed E-state index contributed by atoms with van der Waals surface area (Å²) in [5.74, 6) is 0.0199. The molecule has 18 heavy (non-hydrogen) atoms. The van der Waals surface area contributed by atoms with Gasteiger partial charge in [-0.15, -0.1) is 0 Å². The van der Waals surface area contributed by atoms with E-state index < -0.39 is 6.10 Å². The molecule has 0 aromatic rings. The molecule has 1 amide bonds. The number of aliphatic hydroxyl groups excluding tert-OH is 1. The largest absolute Gasteiger partial charge is 0.389 e. The molecule has 0 saturated heterocycles. The van der Waals surface area contributed by atoms with Crippen molar-refractivity contribution in [1.82, 2.24) is 10.6 Å². The average Bonchev–Trinajstić information content (AvgIpc) is 2.58. The molecule has 106 valence electrons. The number of rotatable bonds is 7. The Bertz CT molecular complexity index is 228. The van der Waals surface area contributed by atoms with Crippen LogP contribution in [0, 0.1) is 0 Å². The third-order valence-electron chi connectivity index (χ3n) is 3.24. The van der Waals surface area contributed by atoms with E-state index in [1.165, 1.54) is 25.7 Å². The lowest BCUT2D eigenvalue weighted by molar-refractivity contribution is -0.121. The van der Waals surface area contributed by atoms with Crippen LogP contribution < -0.4 is 10.6 Å². The first-order chi connectivity index (χ1) is 8.72. The van der Waals surface area contributed by atoms with Gasteiger partial charge >= 0.3 is 0 Å². The summed E-state index contributed by atoms with van der Waals surface area (Å²) in [6.45, 7) is 0.931. The molecule has 1 saturated carbocycles. The minimum atomic E-state index is -0.555. The van der Waals surface area contributed by atoms with E-state index in [1.54, 1.807) is 7.11 Å². The van der Waals surface area contributed by atoms with Gasteiger partial charge in [0, 0.05) is 19.7 Å². The van der Waals surface area contributed by atoms with Crippen LogP contribution >= 0.6 is 0 Å². The van der Waals surface area contributed by atoms with Gasteiger partial charge in [0.05, 0.1) is 19.3 Å². The molecule has 5 heteroatoms. The first kappa shape index (κ1) is 15.4. The summed E-state index contributed by atoms with van der Waals surface area (Å²) in [4.78, 5) is 11.7. The molecule has 0 aromatic carbocycles. The molecular formula is C13H26N2O3. The second-order valence-corrected chi connectivity index (χ2v) is 5.00. The van der Waals surface area contributed by atoms with E-state index in [0.29, 0.717) is 12.6 Å². The van der Waals surface area contributed by atoms with Crippen molar-refractivity contribution in [2.24, 2.45) is 0 Å². The normalized spacial score (nSPS) is 19.2. The van der Waals surface area contributed by atoms with Gasteiger partial charge in [-0.3, -0.25) is 4.79 Å². The maximum Gasteiger partial charge on any atom is 0.234 e. The van der Waals surface area contributed by atoms with Crippen molar-refractivity contribution < 1.29 is 14.6 Å². The van der Waals surface area contributed by atoms with Crippen LogP contribution in [0.3, 0.4) is 0 Å². The van der Waals surface area contributed by atoms with E-state index in [1.807, 2.05) is 0 Å². The van der Waals surface area contributed by atoms with E-state index in [2.05, 4.69) is 10.6 Å². The van der Waals surface area contributed by atoms with Gasteiger partial charge in [-0.2, -0.15) is 0 Å². The van der Waals surface area contributed by atoms with Gasteiger partial charge in [-0.1, -0.05) is 25.7 Å². The molecule has 0 heterocycles. The zero-order valence-corrected chi connectivity index (χ0v) is 11.3. The summed E-state index contributed by atoms with van der Waals surface area (Å²) in [5, 5.41) is 15.4. The number of hydrogen-bond donors (Lipinski definition) is 3. The molecule has 0 spiro atoms. The highest BCUT2D eigenvalue weighted by Crippen LogP contribution is 2.16. The number of ether oxygens (including phenoxy) is 1. The van der Waals surface area contributed by atoms with Crippen molar-refractivity contribution in [3.8, 4) is 0 Å². The lowest BCUT2D eigenvalue weighted by Gasteiger charge is -2.17. The van der Waals surface area contributed by atoms with Crippen LogP contribution in [0.2, 0.25) is 0 Å². The number of aliphatic hydroxyl groups is 1. The number of nitrogens with one attached hydrogen (secondary N) is 2. The van der Waals surface area contributed by atoms with Gasteiger partial charge in [0.1, 0.15) is 0 Å². The highest BCUT2D eigenvalue weighted by atomic mass is 16.5. The Labute approximate surface area is 109 Å². The molecule has 5 nitrogen and oxygen atoms in total. The minimum absolute atomic E-state index is 0.0199. The van der Waals surface area contributed by atoms with Crippen molar-refractivity contribution in [2.75, 3.05) is 26.8 Å². The lowest BCUT2D eigenvalue weighted by Crippen LogP contribution is -2.42. The molecule has 1 unspecified atom stereocenters. The average molecular weight is 258 g/mol. The van der Waals surface area contributed by atoms with Gasteiger partial charge in [0.15, 0.2) is 0 Å². The molecule has 1 atom stereocenters. The van der Waals surface area contributed by atoms with Gasteiger partial charge in [-0.25, -0.2) is 0 Å². The van der Waals surface area contributed by atoms with Crippen LogP contribution in [0.25, 0.3) is 0 Å². The third-order valence-corrected chi connectivity index (χ3v) is 3.24. The minimum Gasteiger partial charge on any atom is -0.389 e. The van der Waals surface area contributed by atoms with Crippen LogP contribution in [-0.4, -0.2) is 50.0 Å². The summed E-state index contributed by atoms with van der Waals surface area (Å²) < 4.78 is 4.81. The van der Waals surface area contributed by atoms with Crippen LogP contribution in [0.1, 0.15) is 38.5 Å². The molecule has 0 bridgehead atoms. The molecule has 1 fully saturated rings. The smallest absolute Gasteiger partial charge is 0.234 e. The molecule has 0 radical (unpaired) electrons. The quantitative estimate of drug-likeness (QED) is 0.579. The van der Waals surface area contributed by atoms with Crippen molar-refractivity contribution in [3.05, 3.63) is 0 Å². The zero-order chi connectivity index (χ0) is 13.2. The topological polar surface area (TPSA) is 70.6 Å². The van der Waals surface area contributed by atoms with Crippen LogP contribution in [0.15, 0.2) is 0 Å². The highest BCUT2D eigenvalue weighted by molar-refractivity contribution is 5.78. The Morgan fingerprint density at radius 1 is 1.33 bits per heavy atom. The fourth-order valence-corrected chi connectivity index (χ4v) is 2.31. The Hall–Kier alpha value is -0.650. The second kappa shape index (κ2) is 9.30. The first-order valence-corrected chi connectivity index (χ1v) is 6.89. The Morgan fingerprint density at radius 3 is 2.61 bits per heavy atom. The molecule has 0 aromatic heterocycles. The highest BCUT2D eigenvalue weighted by Gasteiger charge is 2.14. The fourth-order valence-electron chi connectivity index (χ4n) is 2.31. The molecule has 1 aliphatic rings. The summed E-state index contributed by atoms with van der Waals surface area (Å²) >= 11 is 0. The summed E-state index contributed by atoms with van der Waals surface area (Å²) in [6, 6.07) is 0.339. The predicted octanol–water partition coefficient (Wildman–Crippen LogP) is 0.422. The Morgan fingerprint density at radius 2 is 2.00 bits per heavy atom. The van der Waals surface area contributed by atoms with E-state index in [-0.39, 0.29) is 19.1 Å². The van der Waals surface area contributed by atoms with E-state index in [4.69, 9.17) is 4.74 Å². The Kier molecular flexibility index (Phi) is 7.96. The zero-order valence-electron chi connectivity index (χ0n) is 11.3. The van der Waals surface area contributed by atoms with Crippen molar-refractivity contribution >= 4 is 5.91 Å². The van der Waals surface area contributed by atoms with Gasteiger partial charge in [0.25, 0.3) is 0 Å². The van der Waals surface area contributed by atoms with Gasteiger partial charge in [-0.05, 0) is 12.8 Å². The predicted molar refractivity (Wildman–Crippen MR) is 70.4 cm³/mol. The summed E-state index contributed by atoms with van der Waals surface area (Å²) in [6.07, 6.45) is 6.63. The number of carbonyl (C=O) groups is 1. The summed E-state index contributed by atoms with van der Waals surface area (Å²) in [5.41, 5.74) is 0. The monoisotopic (exact) mass is 258 g/mol. The summed E-state index contributed by atoms with van der Waals surface area (Å²) in [7, 11) is 1.54. The van der Waals surface area contributed by atoms with Crippen molar-refractivity contribution in [1.29, 1.82) is 0 Å². The van der Waals surface area contributed by atoms with Crippen LogP contribution in [0.4, 0.5) is 0 Å². The molecule has 0 aliphatic heterocycles. The van der Waals surface area contributed by atoms with E-state index >= 15 is 0 Å². The number of carbonyl (C=O) groups excluding carboxylic acids is 1. The van der Waals surface area contributed by atoms with Gasteiger partial charge in [0.2, 0.25) is 5.91 Å². The SMILES string of the molecule is COCC(O)CNCC(=O)NC1CCCCCC1. The number of hydrogen-bond acceptors (Lipinski definition) is 4. The molecule has 1 rings (SSSR count). The van der Waals surface area contributed by atoms with Crippen LogP contribution in [-0.2, 0) is 9.53 Å². The molecule has 1 aliphatic carbocycles. The second-order valence-electron chi connectivity index (χ2n) is 5.00. The molecule has 3 N–H and O–H groups in total. The van der Waals surface area contributed by atoms with Crippen molar-refractivity contribution in [3.63, 3.8) is 0 Å². The lowest BCUT2D eigenvalue weighted by atomic mass is 10.1. The third kappa shape index (κ3) is 6.93. The Balaban J connectivity index is 2.09. The maximum absolute atomic E-state index is 11.7. The molecular weight excluding hydrogens is 232 g/mol. The van der Waals surface area contributed by atoms with E-state index in [0.717, 1.165) is 12.8 Å². The number of amides is 1. The standard InChI is InChI=1S/C13H26N2O3/c1-18-10-12(16)8-14-9-13(17)15-11-6-4-2-3-5-7-11/h11-12,14,16H,2-10H2,1H3,(H,15,17). The maximum atomic E-state index is 11.7.